The summed E-state index contributed by atoms with van der Waals surface area (Å²) in [7, 11) is 9.30. The van der Waals surface area contributed by atoms with E-state index in [-0.39, 0.29) is 59.8 Å². The number of aliphatic hydroxyl groups is 1. The van der Waals surface area contributed by atoms with Crippen molar-refractivity contribution in [3.63, 3.8) is 0 Å². The third kappa shape index (κ3) is 15.6. The summed E-state index contributed by atoms with van der Waals surface area (Å²) in [6, 6.07) is 11.4. The smallest absolute Gasteiger partial charge is 0.410 e. The number of amides is 5. The summed E-state index contributed by atoms with van der Waals surface area (Å²) in [4.78, 5) is 78.8. The van der Waals surface area contributed by atoms with Crippen molar-refractivity contribution in [2.75, 3.05) is 41.5 Å². The summed E-state index contributed by atoms with van der Waals surface area (Å²) < 4.78 is 17.6. The van der Waals surface area contributed by atoms with Crippen LogP contribution in [0.4, 0.5) is 4.79 Å². The highest BCUT2D eigenvalue weighted by Gasteiger charge is 2.43. The maximum atomic E-state index is 14.6. The number of nitrogens with one attached hydrogen (secondary N) is 2. The first kappa shape index (κ1) is 55.4. The first-order valence-electron chi connectivity index (χ1n) is 22.9. The van der Waals surface area contributed by atoms with Crippen molar-refractivity contribution in [3.05, 3.63) is 60.3 Å². The number of likely N-dealkylation sites (N-methyl/N-ethyl adjacent to an activating group) is 2. The van der Waals surface area contributed by atoms with Gasteiger partial charge in [0.15, 0.2) is 0 Å². The van der Waals surface area contributed by atoms with Gasteiger partial charge in [-0.25, -0.2) is 9.78 Å². The van der Waals surface area contributed by atoms with Gasteiger partial charge in [-0.15, -0.1) is 0 Å². The fourth-order valence-electron chi connectivity index (χ4n) is 8.54. The van der Waals surface area contributed by atoms with Crippen LogP contribution in [0.2, 0.25) is 0 Å². The quantitative estimate of drug-likeness (QED) is 0.0910. The molecule has 0 saturated carbocycles. The van der Waals surface area contributed by atoms with Gasteiger partial charge in [0, 0.05) is 46.3 Å². The van der Waals surface area contributed by atoms with E-state index in [0.717, 1.165) is 11.4 Å². The summed E-state index contributed by atoms with van der Waals surface area (Å²) >= 11 is 0. The number of rotatable bonds is 25. The Morgan fingerprint density at radius 1 is 0.877 bits per heavy atom. The number of likely N-dealkylation sites (tertiary alicyclic amines) is 1. The number of carbonyl (C=O) groups is 5. The summed E-state index contributed by atoms with van der Waals surface area (Å²) in [5, 5.41) is 17.6. The van der Waals surface area contributed by atoms with Gasteiger partial charge < -0.3 is 39.8 Å². The van der Waals surface area contributed by atoms with E-state index in [1.165, 1.54) is 40.6 Å². The minimum absolute atomic E-state index is 0.0308. The molecule has 11 atom stereocenters. The fraction of sp³-hybridized carbons (Fsp3) is 0.667. The Morgan fingerprint density at radius 2 is 1.54 bits per heavy atom. The van der Waals surface area contributed by atoms with Crippen molar-refractivity contribution >= 4 is 51.3 Å². The largest absolute Gasteiger partial charge is 0.448 e. The number of aromatic nitrogens is 1. The lowest BCUT2D eigenvalue weighted by Crippen LogP contribution is -2.60. The number of carbonyl (C=O) groups excluding carboxylic acids is 5. The SMILES string of the molecule is CC[C@H](C)[C@@H]([C@@H](CC(=O)N1CCC[C@@H]1[C@H](OC)[C@@H](C)C(=O)N[C@H](C)[C@@H](O)c1ccccc1)OC)N(C)C(=O)[C@@H](NC(=O)[C@H](C(C)C)N(C)C(=O)OC[C@@H](C)SSc1ccccn1)C(C)C. The van der Waals surface area contributed by atoms with Crippen LogP contribution in [0, 0.1) is 23.7 Å². The maximum Gasteiger partial charge on any atom is 0.410 e. The highest BCUT2D eigenvalue weighted by Crippen LogP contribution is 2.33. The van der Waals surface area contributed by atoms with Gasteiger partial charge in [0.25, 0.3) is 0 Å². The molecule has 0 spiro atoms. The molecule has 1 aromatic heterocycles. The average molecular weight is 945 g/mol. The number of nitrogens with zero attached hydrogens (tertiary/aromatic N) is 4. The van der Waals surface area contributed by atoms with Crippen LogP contribution in [0.5, 0.6) is 0 Å². The Hall–Kier alpha value is -3.90. The lowest BCUT2D eigenvalue weighted by molar-refractivity contribution is -0.148. The Labute approximate surface area is 395 Å². The fourth-order valence-corrected chi connectivity index (χ4v) is 10.4. The van der Waals surface area contributed by atoms with E-state index in [1.807, 2.05) is 97.0 Å². The third-order valence-electron chi connectivity index (χ3n) is 12.5. The second-order valence-electron chi connectivity index (χ2n) is 18.0. The molecule has 0 bridgehead atoms. The lowest BCUT2D eigenvalue weighted by Gasteiger charge is -2.41. The number of ether oxygens (including phenoxy) is 3. The summed E-state index contributed by atoms with van der Waals surface area (Å²) in [5.41, 5.74) is 0.694. The van der Waals surface area contributed by atoms with Crippen molar-refractivity contribution in [2.45, 2.75) is 147 Å². The summed E-state index contributed by atoms with van der Waals surface area (Å²) in [6.07, 6.45) is 0.862. The molecule has 3 N–H and O–H groups in total. The first-order valence-corrected chi connectivity index (χ1v) is 25.1. The Kier molecular flexibility index (Phi) is 23.1. The second kappa shape index (κ2) is 27.0. The van der Waals surface area contributed by atoms with E-state index >= 15 is 0 Å². The average Bonchev–Trinajstić information content (AvgIpc) is 3.78. The topological polar surface area (TPSA) is 180 Å². The molecule has 3 rings (SSSR count). The van der Waals surface area contributed by atoms with E-state index in [9.17, 15) is 29.1 Å². The molecule has 1 fully saturated rings. The third-order valence-corrected chi connectivity index (χ3v) is 15.2. The minimum atomic E-state index is -0.951. The summed E-state index contributed by atoms with van der Waals surface area (Å²) in [5.74, 6) is -2.68. The van der Waals surface area contributed by atoms with Gasteiger partial charge >= 0.3 is 6.09 Å². The van der Waals surface area contributed by atoms with Crippen LogP contribution in [-0.2, 0) is 33.4 Å². The molecule has 2 heterocycles. The molecule has 0 aliphatic carbocycles. The number of pyridine rings is 1. The summed E-state index contributed by atoms with van der Waals surface area (Å²) in [6.45, 7) is 17.5. The molecule has 1 aliphatic rings. The minimum Gasteiger partial charge on any atom is -0.448 e. The highest BCUT2D eigenvalue weighted by atomic mass is 33.1. The second-order valence-corrected chi connectivity index (χ2v) is 20.7. The van der Waals surface area contributed by atoms with Crippen molar-refractivity contribution in [2.24, 2.45) is 23.7 Å². The Morgan fingerprint density at radius 3 is 2.11 bits per heavy atom. The molecule has 2 aromatic rings. The molecule has 0 radical (unpaired) electrons. The number of aliphatic hydroxyl groups excluding tert-OH is 1. The van der Waals surface area contributed by atoms with Crippen LogP contribution in [0.3, 0.4) is 0 Å². The highest BCUT2D eigenvalue weighted by molar-refractivity contribution is 8.76. The first-order chi connectivity index (χ1) is 30.8. The van der Waals surface area contributed by atoms with Crippen molar-refractivity contribution in [1.82, 2.24) is 30.3 Å². The number of methoxy groups -OCH3 is 2. The Bertz CT molecular complexity index is 1800. The van der Waals surface area contributed by atoms with E-state index < -0.39 is 60.4 Å². The van der Waals surface area contributed by atoms with E-state index in [1.54, 1.807) is 44.0 Å². The van der Waals surface area contributed by atoms with Crippen LogP contribution >= 0.6 is 21.6 Å². The lowest BCUT2D eigenvalue weighted by atomic mass is 9.89. The zero-order valence-corrected chi connectivity index (χ0v) is 42.4. The van der Waals surface area contributed by atoms with E-state index in [4.69, 9.17) is 14.2 Å². The number of hydrogen-bond acceptors (Lipinski definition) is 12. The van der Waals surface area contributed by atoms with Crippen LogP contribution in [-0.4, -0.2) is 144 Å². The van der Waals surface area contributed by atoms with Crippen molar-refractivity contribution in [3.8, 4) is 0 Å². The van der Waals surface area contributed by atoms with Gasteiger partial charge in [0.05, 0.1) is 48.8 Å². The van der Waals surface area contributed by atoms with Gasteiger partial charge in [-0.2, -0.15) is 0 Å². The van der Waals surface area contributed by atoms with E-state index in [2.05, 4.69) is 15.6 Å². The molecule has 1 aliphatic heterocycles. The molecule has 364 valence electrons. The molecule has 15 nitrogen and oxygen atoms in total. The number of hydrogen-bond donors (Lipinski definition) is 3. The molecule has 17 heteroatoms. The molecule has 65 heavy (non-hydrogen) atoms. The number of benzene rings is 1. The molecular formula is C48H76N6O9S2. The molecule has 0 unspecified atom stereocenters. The monoisotopic (exact) mass is 945 g/mol. The van der Waals surface area contributed by atoms with Crippen LogP contribution in [0.1, 0.15) is 99.7 Å². The van der Waals surface area contributed by atoms with Gasteiger partial charge in [-0.3, -0.25) is 24.1 Å². The molecule has 1 saturated heterocycles. The molecule has 1 aromatic carbocycles. The van der Waals surface area contributed by atoms with Gasteiger partial charge in [-0.05, 0) is 72.9 Å². The van der Waals surface area contributed by atoms with Gasteiger partial charge in [-0.1, -0.05) is 102 Å². The predicted molar refractivity (Wildman–Crippen MR) is 257 cm³/mol. The standard InChI is InChI=1S/C48H76N6O9S2/c1-14-31(6)42(37(61-12)27-39(55)54-26-20-23-36(54)44(62-13)33(8)45(57)50-34(9)43(56)35-21-16-15-17-22-35)52(10)47(59)40(29(2)3)51-46(58)41(30(4)5)53(11)48(60)63-28-32(7)64-65-38-24-18-19-25-49-38/h15-19,21-22,24-25,29-34,36-37,40-44,56H,14,20,23,26-28H2,1-13H3,(H,50,57)(H,51,58)/t31-,32+,33+,34+,36+,37+,40-,41-,42-,43+,44+/m0/s1. The van der Waals surface area contributed by atoms with Crippen LogP contribution < -0.4 is 10.6 Å². The van der Waals surface area contributed by atoms with Crippen molar-refractivity contribution in [1.29, 1.82) is 0 Å². The predicted octanol–water partition coefficient (Wildman–Crippen LogP) is 6.60. The van der Waals surface area contributed by atoms with Gasteiger partial charge in [0.1, 0.15) is 23.7 Å². The van der Waals surface area contributed by atoms with Crippen molar-refractivity contribution < 1.29 is 43.3 Å². The molecule has 5 amide bonds. The van der Waals surface area contributed by atoms with E-state index in [0.29, 0.717) is 24.9 Å². The van der Waals surface area contributed by atoms with Gasteiger partial charge in [0.2, 0.25) is 23.6 Å². The molecular weight excluding hydrogens is 869 g/mol. The van der Waals surface area contributed by atoms with Crippen LogP contribution in [0.25, 0.3) is 0 Å². The zero-order valence-electron chi connectivity index (χ0n) is 40.8. The van der Waals surface area contributed by atoms with Crippen LogP contribution in [0.15, 0.2) is 59.8 Å². The normalized spacial score (nSPS) is 18.6. The maximum absolute atomic E-state index is 14.6. The zero-order chi connectivity index (χ0) is 48.5. The Balaban J connectivity index is 1.72.